The van der Waals surface area contributed by atoms with Gasteiger partial charge < -0.3 is 0 Å². The van der Waals surface area contributed by atoms with Crippen molar-refractivity contribution in [3.63, 3.8) is 0 Å². The molecule has 0 saturated carbocycles. The zero-order chi connectivity index (χ0) is 38.6. The topological polar surface area (TPSA) is 0 Å². The van der Waals surface area contributed by atoms with Crippen LogP contribution in [-0.2, 0) is 0 Å². The molecule has 0 bridgehead atoms. The minimum atomic E-state index is -0.207. The third-order valence-corrected chi connectivity index (χ3v) is 11.7. The lowest BCUT2D eigenvalue weighted by molar-refractivity contribution is 0.0277. The lowest BCUT2D eigenvalue weighted by Gasteiger charge is -2.48. The second kappa shape index (κ2) is 19.3. The van der Waals surface area contributed by atoms with Gasteiger partial charge in [-0.25, -0.2) is 0 Å². The van der Waals surface area contributed by atoms with Gasteiger partial charge in [0, 0.05) is 9.49 Å². The molecule has 0 aliphatic heterocycles. The van der Waals surface area contributed by atoms with Gasteiger partial charge >= 0.3 is 0 Å². The first-order valence-electron chi connectivity index (χ1n) is 20.4. The van der Waals surface area contributed by atoms with E-state index in [2.05, 4.69) is 161 Å². The maximum atomic E-state index is 5.24. The summed E-state index contributed by atoms with van der Waals surface area (Å²) in [5.74, 6) is 0. The molecule has 0 spiro atoms. The fourth-order valence-electron chi connectivity index (χ4n) is 8.86. The number of thiol groups is 2. The van der Waals surface area contributed by atoms with Crippen molar-refractivity contribution in [3.8, 4) is 0 Å². The Kier molecular flexibility index (Phi) is 19.3. The Morgan fingerprint density at radius 1 is 0.367 bits per heavy atom. The van der Waals surface area contributed by atoms with Crippen molar-refractivity contribution >= 4 is 25.3 Å². The van der Waals surface area contributed by atoms with Crippen molar-refractivity contribution in [1.82, 2.24) is 0 Å². The molecule has 0 N–H and O–H groups in total. The van der Waals surface area contributed by atoms with Crippen LogP contribution in [0.25, 0.3) is 0 Å². The van der Waals surface area contributed by atoms with Crippen LogP contribution in [0.3, 0.4) is 0 Å². The van der Waals surface area contributed by atoms with Crippen molar-refractivity contribution in [1.29, 1.82) is 0 Å². The van der Waals surface area contributed by atoms with Crippen LogP contribution in [0.2, 0.25) is 0 Å². The molecule has 0 fully saturated rings. The number of hydrogen-bond donors (Lipinski definition) is 2. The molecule has 0 radical (unpaired) electrons. The van der Waals surface area contributed by atoms with E-state index in [1.807, 2.05) is 0 Å². The summed E-state index contributed by atoms with van der Waals surface area (Å²) in [5.41, 5.74) is 1.27. The Balaban J connectivity index is 5.72. The number of allylic oxidation sites excluding steroid dienone is 4. The highest BCUT2D eigenvalue weighted by molar-refractivity contribution is 7.82. The Morgan fingerprint density at radius 3 is 1.00 bits per heavy atom. The van der Waals surface area contributed by atoms with Crippen LogP contribution in [0.5, 0.6) is 0 Å². The monoisotopic (exact) mass is 719 g/mol. The molecule has 290 valence electrons. The molecule has 0 aromatic rings. The highest BCUT2D eigenvalue weighted by atomic mass is 32.1. The summed E-state index contributed by atoms with van der Waals surface area (Å²) in [6.45, 7) is 43.0. The average molecular weight is 719 g/mol. The van der Waals surface area contributed by atoms with E-state index in [4.69, 9.17) is 25.3 Å². The summed E-state index contributed by atoms with van der Waals surface area (Å²) >= 11 is 10.4. The van der Waals surface area contributed by atoms with Gasteiger partial charge in [-0.15, -0.1) is 0 Å². The second-order valence-corrected chi connectivity index (χ2v) is 24.0. The van der Waals surface area contributed by atoms with Gasteiger partial charge in [0.15, 0.2) is 0 Å². The lowest BCUT2D eigenvalue weighted by Crippen LogP contribution is -2.38. The van der Waals surface area contributed by atoms with E-state index >= 15 is 0 Å². The Labute approximate surface area is 322 Å². The van der Waals surface area contributed by atoms with E-state index in [0.717, 1.165) is 19.3 Å². The van der Waals surface area contributed by atoms with Crippen LogP contribution in [0.15, 0.2) is 36.5 Å². The molecule has 0 nitrogen and oxygen atoms in total. The van der Waals surface area contributed by atoms with Crippen LogP contribution in [0.4, 0.5) is 0 Å². The van der Waals surface area contributed by atoms with Gasteiger partial charge in [-0.2, -0.15) is 25.3 Å². The summed E-state index contributed by atoms with van der Waals surface area (Å²) in [7, 11) is 0. The molecule has 0 aliphatic carbocycles. The molecular formula is C47H90S2. The fraction of sp³-hybridized carbons (Fsp3) is 0.872. The minimum absolute atomic E-state index is 0.00624. The minimum Gasteiger partial charge on any atom is -0.169 e. The Morgan fingerprint density at radius 2 is 0.673 bits per heavy atom. The average Bonchev–Trinajstić information content (AvgIpc) is 2.88. The van der Waals surface area contributed by atoms with Crippen LogP contribution >= 0.6 is 25.3 Å². The first kappa shape index (κ1) is 48.9. The standard InChI is InChI=1S/C47H90S2/c1-19-21-23-25-27-45(16,28-26-24-22-20-2)44(14,15)36-41(8,9)29-30-42(10,11)37-47(18,49)34-32-43(12,13)38-46(17,48)33-31-40(6,7)35-39(3,4)5/h29-34,48-49H,19-28,35-38H2,1-18H3/b30-29-,33-31-,34-32-. The van der Waals surface area contributed by atoms with Gasteiger partial charge in [0.25, 0.3) is 0 Å². The van der Waals surface area contributed by atoms with Gasteiger partial charge in [-0.1, -0.05) is 199 Å². The summed E-state index contributed by atoms with van der Waals surface area (Å²) in [5, 5.41) is 0. The van der Waals surface area contributed by atoms with E-state index in [9.17, 15) is 0 Å². The van der Waals surface area contributed by atoms with Gasteiger partial charge in [0.1, 0.15) is 0 Å². The van der Waals surface area contributed by atoms with Crippen LogP contribution in [-0.4, -0.2) is 9.49 Å². The largest absolute Gasteiger partial charge is 0.169 e. The molecule has 0 heterocycles. The van der Waals surface area contributed by atoms with Crippen molar-refractivity contribution in [3.05, 3.63) is 36.5 Å². The smallest absolute Gasteiger partial charge is 0.0288 e. The highest BCUT2D eigenvalue weighted by Crippen LogP contribution is 2.53. The van der Waals surface area contributed by atoms with Crippen molar-refractivity contribution in [2.75, 3.05) is 0 Å². The second-order valence-electron chi connectivity index (χ2n) is 22.0. The molecule has 0 amide bonds. The van der Waals surface area contributed by atoms with Gasteiger partial charge in [0.2, 0.25) is 0 Å². The molecule has 0 saturated heterocycles. The first-order valence-corrected chi connectivity index (χ1v) is 21.3. The molecule has 2 unspecified atom stereocenters. The molecule has 0 aromatic heterocycles. The summed E-state index contributed by atoms with van der Waals surface area (Å²) in [4.78, 5) is 0. The Hall–Kier alpha value is -0.0800. The van der Waals surface area contributed by atoms with Crippen molar-refractivity contribution < 1.29 is 0 Å². The van der Waals surface area contributed by atoms with Crippen molar-refractivity contribution in [2.45, 2.75) is 224 Å². The molecule has 49 heavy (non-hydrogen) atoms. The molecule has 2 atom stereocenters. The normalized spacial score (nSPS) is 17.4. The zero-order valence-corrected chi connectivity index (χ0v) is 38.5. The van der Waals surface area contributed by atoms with Crippen LogP contribution < -0.4 is 0 Å². The predicted molar refractivity (Wildman–Crippen MR) is 235 cm³/mol. The molecule has 0 rings (SSSR count). The molecule has 0 aliphatic rings. The van der Waals surface area contributed by atoms with Crippen LogP contribution in [0, 0.1) is 37.9 Å². The number of unbranched alkanes of at least 4 members (excludes halogenated alkanes) is 6. The highest BCUT2D eigenvalue weighted by Gasteiger charge is 2.42. The SMILES string of the molecule is CCCCCCC(C)(CCCCCC)C(C)(C)CC(C)(C)/C=C\C(C)(C)CC(C)(S)/C=C\C(C)(C)CC(C)(S)/C=C\C(C)(C)CC(C)(C)C. The summed E-state index contributed by atoms with van der Waals surface area (Å²) < 4.78 is -0.389. The van der Waals surface area contributed by atoms with E-state index in [-0.39, 0.29) is 36.6 Å². The number of hydrogen-bond acceptors (Lipinski definition) is 2. The third-order valence-electron chi connectivity index (χ3n) is 11.1. The van der Waals surface area contributed by atoms with Gasteiger partial charge in [0.05, 0.1) is 0 Å². The molecule has 2 heteroatoms. The molecular weight excluding hydrogens is 629 g/mol. The first-order chi connectivity index (χ1) is 21.8. The maximum absolute atomic E-state index is 5.24. The van der Waals surface area contributed by atoms with Gasteiger partial charge in [-0.3, -0.25) is 0 Å². The third kappa shape index (κ3) is 21.9. The molecule has 0 aromatic carbocycles. The quantitative estimate of drug-likeness (QED) is 0.0554. The van der Waals surface area contributed by atoms with E-state index in [0.29, 0.717) is 10.8 Å². The van der Waals surface area contributed by atoms with E-state index in [1.54, 1.807) is 0 Å². The van der Waals surface area contributed by atoms with E-state index < -0.39 is 0 Å². The van der Waals surface area contributed by atoms with Crippen LogP contribution in [0.1, 0.15) is 215 Å². The lowest BCUT2D eigenvalue weighted by atomic mass is 9.57. The van der Waals surface area contributed by atoms with Gasteiger partial charge in [-0.05, 0) is 90.3 Å². The fourth-order valence-corrected chi connectivity index (χ4v) is 9.83. The van der Waals surface area contributed by atoms with E-state index in [1.165, 1.54) is 70.6 Å². The van der Waals surface area contributed by atoms with Crippen molar-refractivity contribution in [2.24, 2.45) is 37.9 Å². The maximum Gasteiger partial charge on any atom is 0.0288 e. The summed E-state index contributed by atoms with van der Waals surface area (Å²) in [6.07, 6.45) is 32.4. The summed E-state index contributed by atoms with van der Waals surface area (Å²) in [6, 6.07) is 0. The Bertz CT molecular complexity index is 1010. The zero-order valence-electron chi connectivity index (χ0n) is 36.8. The number of rotatable bonds is 24. The predicted octanol–water partition coefficient (Wildman–Crippen LogP) is 16.7.